The van der Waals surface area contributed by atoms with Crippen LogP contribution in [0.3, 0.4) is 0 Å². The monoisotopic (exact) mass is 291 g/mol. The number of H-pyrrole nitrogens is 2. The van der Waals surface area contributed by atoms with E-state index in [1.54, 1.807) is 0 Å². The van der Waals surface area contributed by atoms with E-state index in [-0.39, 0.29) is 11.6 Å². The molecule has 0 atom stereocenters. The first kappa shape index (κ1) is 14.1. The van der Waals surface area contributed by atoms with Crippen LogP contribution in [0, 0.1) is 0 Å². The Kier molecular flexibility index (Phi) is 3.77. The Morgan fingerprint density at radius 1 is 1.25 bits per heavy atom. The van der Waals surface area contributed by atoms with Gasteiger partial charge in [-0.25, -0.2) is 18.7 Å². The molecule has 20 heavy (non-hydrogen) atoms. The first-order valence-electron chi connectivity index (χ1n) is 5.42. The van der Waals surface area contributed by atoms with Gasteiger partial charge in [0.25, 0.3) is 0 Å². The maximum absolute atomic E-state index is 12.7. The van der Waals surface area contributed by atoms with Gasteiger partial charge < -0.3 is 4.74 Å². The molecule has 2 rings (SSSR count). The van der Waals surface area contributed by atoms with Gasteiger partial charge in [-0.2, -0.15) is 13.9 Å². The van der Waals surface area contributed by atoms with Crippen molar-refractivity contribution in [3.8, 4) is 17.1 Å². The van der Waals surface area contributed by atoms with Gasteiger partial charge in [0.05, 0.1) is 0 Å². The van der Waals surface area contributed by atoms with Gasteiger partial charge in [0.15, 0.2) is 12.4 Å². The quantitative estimate of drug-likeness (QED) is 0.828. The number of ether oxygens (including phenoxy) is 1. The molecule has 1 aromatic heterocycles. The summed E-state index contributed by atoms with van der Waals surface area (Å²) >= 11 is 0. The number of aromatic amines is 2. The van der Waals surface area contributed by atoms with Crippen molar-refractivity contribution >= 4 is 0 Å². The number of alkyl halides is 4. The molecule has 9 heteroatoms. The zero-order valence-electron chi connectivity index (χ0n) is 9.87. The Labute approximate surface area is 109 Å². The summed E-state index contributed by atoms with van der Waals surface area (Å²) in [7, 11) is 0. The summed E-state index contributed by atoms with van der Waals surface area (Å²) in [4.78, 5) is 13.3. The number of halogens is 4. The highest BCUT2D eigenvalue weighted by molar-refractivity contribution is 5.55. The molecular weight excluding hydrogens is 282 g/mol. The van der Waals surface area contributed by atoms with Crippen molar-refractivity contribution < 1.29 is 22.3 Å². The molecule has 2 N–H and O–H groups in total. The van der Waals surface area contributed by atoms with E-state index in [0.29, 0.717) is 5.56 Å². The molecule has 0 bridgehead atoms. The minimum absolute atomic E-state index is 0.00644. The Morgan fingerprint density at radius 2 is 1.90 bits per heavy atom. The molecule has 0 fully saturated rings. The lowest BCUT2D eigenvalue weighted by molar-refractivity contribution is -0.148. The van der Waals surface area contributed by atoms with Crippen LogP contribution in [0.25, 0.3) is 11.4 Å². The number of benzene rings is 1. The molecule has 0 radical (unpaired) electrons. The van der Waals surface area contributed by atoms with Crippen LogP contribution >= 0.6 is 0 Å². The number of hydrogen-bond donors (Lipinski definition) is 2. The van der Waals surface area contributed by atoms with Crippen LogP contribution in [0.4, 0.5) is 17.6 Å². The van der Waals surface area contributed by atoms with E-state index < -0.39 is 24.6 Å². The number of nitrogens with zero attached hydrogens (tertiary/aromatic N) is 1. The number of nitrogens with one attached hydrogen (secondary N) is 2. The van der Waals surface area contributed by atoms with Crippen LogP contribution in [0.5, 0.6) is 5.75 Å². The van der Waals surface area contributed by atoms with Gasteiger partial charge in [-0.05, 0) is 24.3 Å². The molecule has 5 nitrogen and oxygen atoms in total. The maximum atomic E-state index is 12.7. The van der Waals surface area contributed by atoms with Crippen LogP contribution in [-0.2, 0) is 0 Å². The minimum Gasteiger partial charge on any atom is -0.487 e. The highest BCUT2D eigenvalue weighted by Crippen LogP contribution is 2.25. The smallest absolute Gasteiger partial charge is 0.340 e. The fourth-order valence-electron chi connectivity index (χ4n) is 1.36. The second kappa shape index (κ2) is 5.35. The lowest BCUT2D eigenvalue weighted by atomic mass is 10.2. The van der Waals surface area contributed by atoms with Gasteiger partial charge in [-0.15, -0.1) is 0 Å². The highest BCUT2D eigenvalue weighted by atomic mass is 19.3. The molecule has 0 saturated heterocycles. The topological polar surface area (TPSA) is 70.8 Å². The first-order chi connectivity index (χ1) is 9.38. The molecule has 0 amide bonds. The second-order valence-electron chi connectivity index (χ2n) is 3.90. The number of rotatable bonds is 5. The average molecular weight is 291 g/mol. The van der Waals surface area contributed by atoms with Gasteiger partial charge in [0.2, 0.25) is 0 Å². The van der Waals surface area contributed by atoms with E-state index >= 15 is 0 Å². The summed E-state index contributed by atoms with van der Waals surface area (Å²) in [6.45, 7) is -1.41. The van der Waals surface area contributed by atoms with E-state index in [0.717, 1.165) is 0 Å². The Balaban J connectivity index is 2.04. The average Bonchev–Trinajstić information content (AvgIpc) is 2.83. The third-order valence-electron chi connectivity index (χ3n) is 2.38. The zero-order valence-corrected chi connectivity index (χ0v) is 9.87. The Hall–Kier alpha value is -2.32. The predicted molar refractivity (Wildman–Crippen MR) is 61.1 cm³/mol. The van der Waals surface area contributed by atoms with Gasteiger partial charge in [-0.3, -0.25) is 4.98 Å². The molecule has 108 valence electrons. The summed E-state index contributed by atoms with van der Waals surface area (Å²) in [5.41, 5.74) is 0.0215. The van der Waals surface area contributed by atoms with Crippen molar-refractivity contribution in [1.29, 1.82) is 0 Å². The van der Waals surface area contributed by atoms with E-state index in [1.807, 2.05) is 0 Å². The third-order valence-corrected chi connectivity index (χ3v) is 2.38. The molecule has 0 aliphatic heterocycles. The van der Waals surface area contributed by atoms with Crippen LogP contribution in [0.15, 0.2) is 29.1 Å². The fraction of sp³-hybridized carbons (Fsp3) is 0.273. The van der Waals surface area contributed by atoms with Crippen molar-refractivity contribution in [1.82, 2.24) is 15.2 Å². The first-order valence-corrected chi connectivity index (χ1v) is 5.42. The molecule has 0 spiro atoms. The lowest BCUT2D eigenvalue weighted by Crippen LogP contribution is -2.33. The molecule has 2 aromatic rings. The van der Waals surface area contributed by atoms with E-state index in [1.165, 1.54) is 24.3 Å². The molecule has 0 aliphatic carbocycles. The SMILES string of the molecule is O=c1[nH]nc(-c2ccc(OCC(F)(F)C(F)F)cc2)[nH]1. The molecule has 0 saturated carbocycles. The van der Waals surface area contributed by atoms with E-state index in [4.69, 9.17) is 0 Å². The van der Waals surface area contributed by atoms with Crippen LogP contribution < -0.4 is 10.4 Å². The van der Waals surface area contributed by atoms with Crippen LogP contribution in [0.2, 0.25) is 0 Å². The normalized spacial score (nSPS) is 11.8. The van der Waals surface area contributed by atoms with Gasteiger partial charge in [0.1, 0.15) is 5.75 Å². The third kappa shape index (κ3) is 3.16. The van der Waals surface area contributed by atoms with Crippen molar-refractivity contribution in [2.75, 3.05) is 6.61 Å². The second-order valence-corrected chi connectivity index (χ2v) is 3.90. The fourth-order valence-corrected chi connectivity index (χ4v) is 1.36. The van der Waals surface area contributed by atoms with E-state index in [2.05, 4.69) is 19.9 Å². The zero-order chi connectivity index (χ0) is 14.8. The summed E-state index contributed by atoms with van der Waals surface area (Å²) in [5, 5.41) is 5.84. The standard InChI is InChI=1S/C11H9F4N3O2/c12-9(13)11(14,15)5-20-7-3-1-6(2-4-7)8-16-10(19)18-17-8/h1-4,9H,5H2,(H2,16,17,18,19). The van der Waals surface area contributed by atoms with Crippen LogP contribution in [-0.4, -0.2) is 34.1 Å². The largest absolute Gasteiger partial charge is 0.487 e. The summed E-state index contributed by atoms with van der Waals surface area (Å²) in [6.07, 6.45) is -3.78. The Bertz CT molecular complexity index is 621. The molecule has 1 aromatic carbocycles. The van der Waals surface area contributed by atoms with Gasteiger partial charge in [-0.1, -0.05) is 0 Å². The maximum Gasteiger partial charge on any atom is 0.340 e. The molecule has 0 unspecified atom stereocenters. The highest BCUT2D eigenvalue weighted by Gasteiger charge is 2.41. The van der Waals surface area contributed by atoms with Crippen LogP contribution in [0.1, 0.15) is 0 Å². The van der Waals surface area contributed by atoms with Crippen molar-refractivity contribution in [2.45, 2.75) is 12.3 Å². The molecule has 0 aliphatic rings. The van der Waals surface area contributed by atoms with Crippen molar-refractivity contribution in [2.24, 2.45) is 0 Å². The van der Waals surface area contributed by atoms with Crippen molar-refractivity contribution in [3.63, 3.8) is 0 Å². The summed E-state index contributed by atoms with van der Waals surface area (Å²) < 4.78 is 53.8. The van der Waals surface area contributed by atoms with Gasteiger partial charge in [0, 0.05) is 5.56 Å². The molecule has 1 heterocycles. The number of hydrogen-bond acceptors (Lipinski definition) is 3. The summed E-state index contributed by atoms with van der Waals surface area (Å²) in [5.74, 6) is -3.93. The lowest BCUT2D eigenvalue weighted by Gasteiger charge is -2.15. The van der Waals surface area contributed by atoms with Crippen molar-refractivity contribution in [3.05, 3.63) is 34.7 Å². The molecular formula is C11H9F4N3O2. The Morgan fingerprint density at radius 3 is 2.40 bits per heavy atom. The number of aromatic nitrogens is 3. The summed E-state index contributed by atoms with van der Waals surface area (Å²) in [6, 6.07) is 5.51. The van der Waals surface area contributed by atoms with Gasteiger partial charge >= 0.3 is 18.0 Å². The van der Waals surface area contributed by atoms with E-state index in [9.17, 15) is 22.4 Å². The minimum atomic E-state index is -4.20. The predicted octanol–water partition coefficient (Wildman–Crippen LogP) is 2.04.